The molecule has 2 heterocycles. The first-order chi connectivity index (χ1) is 9.56. The van der Waals surface area contributed by atoms with E-state index in [0.29, 0.717) is 0 Å². The Morgan fingerprint density at radius 1 is 1.40 bits per heavy atom. The van der Waals surface area contributed by atoms with E-state index in [4.69, 9.17) is 16.7 Å². The zero-order valence-electron chi connectivity index (χ0n) is 10.1. The van der Waals surface area contributed by atoms with Gasteiger partial charge in [-0.3, -0.25) is 9.59 Å². The van der Waals surface area contributed by atoms with Crippen LogP contribution >= 0.6 is 22.9 Å². The molecule has 0 saturated heterocycles. The van der Waals surface area contributed by atoms with E-state index in [0.717, 1.165) is 4.88 Å². The minimum Gasteiger partial charge on any atom is -0.481 e. The minimum absolute atomic E-state index is 0.0846. The number of carbonyl (C=O) groups excluding carboxylic acids is 1. The average Bonchev–Trinajstić information content (AvgIpc) is 2.92. The highest BCUT2D eigenvalue weighted by atomic mass is 35.5. The molecular weight excluding hydrogens is 302 g/mol. The van der Waals surface area contributed by atoms with Crippen LogP contribution in [0.1, 0.15) is 27.8 Å². The molecule has 2 aromatic heterocycles. The van der Waals surface area contributed by atoms with Gasteiger partial charge in [-0.2, -0.15) is 0 Å². The molecule has 104 valence electrons. The summed E-state index contributed by atoms with van der Waals surface area (Å²) in [5.74, 6) is -1.49. The van der Waals surface area contributed by atoms with Crippen LogP contribution in [0.2, 0.25) is 5.15 Å². The largest absolute Gasteiger partial charge is 0.481 e. The third-order valence-corrected chi connectivity index (χ3v) is 3.60. The Hall–Kier alpha value is -1.99. The maximum absolute atomic E-state index is 12.0. The Morgan fingerprint density at radius 2 is 2.20 bits per heavy atom. The summed E-state index contributed by atoms with van der Waals surface area (Å²) in [6.07, 6.45) is 2.30. The third-order valence-electron chi connectivity index (χ3n) is 2.42. The lowest BCUT2D eigenvalue weighted by Gasteiger charge is -2.15. The van der Waals surface area contributed by atoms with Crippen molar-refractivity contribution in [1.82, 2.24) is 15.3 Å². The lowest BCUT2D eigenvalue weighted by Crippen LogP contribution is -2.30. The molecule has 0 spiro atoms. The van der Waals surface area contributed by atoms with Crippen LogP contribution in [0.25, 0.3) is 0 Å². The number of carbonyl (C=O) groups is 2. The molecule has 2 N–H and O–H groups in total. The Labute approximate surface area is 123 Å². The Balaban J connectivity index is 2.13. The van der Waals surface area contributed by atoms with Gasteiger partial charge < -0.3 is 10.4 Å². The predicted octanol–water partition coefficient (Wildman–Crippen LogP) is 2.14. The van der Waals surface area contributed by atoms with E-state index in [2.05, 4.69) is 15.3 Å². The second-order valence-electron chi connectivity index (χ2n) is 3.86. The van der Waals surface area contributed by atoms with Gasteiger partial charge in [-0.15, -0.1) is 11.3 Å². The molecule has 2 aromatic rings. The Kier molecular flexibility index (Phi) is 4.65. The second kappa shape index (κ2) is 6.44. The highest BCUT2D eigenvalue weighted by Crippen LogP contribution is 2.22. The molecule has 1 amide bonds. The van der Waals surface area contributed by atoms with Crippen molar-refractivity contribution in [1.29, 1.82) is 0 Å². The minimum atomic E-state index is -0.995. The highest BCUT2D eigenvalue weighted by Gasteiger charge is 2.20. The summed E-state index contributed by atoms with van der Waals surface area (Å²) in [5.41, 5.74) is 0.0846. The fourth-order valence-electron chi connectivity index (χ4n) is 1.55. The first kappa shape index (κ1) is 14.4. The number of halogens is 1. The Morgan fingerprint density at radius 3 is 2.75 bits per heavy atom. The standard InChI is InChI=1S/C12H10ClN3O3S/c13-10-6-14-8(5-15-10)12(19)16-7(4-11(17)18)9-2-1-3-20-9/h1-3,5-7H,4H2,(H,16,19)(H,17,18). The normalized spacial score (nSPS) is 11.8. The van der Waals surface area contributed by atoms with E-state index in [9.17, 15) is 9.59 Å². The highest BCUT2D eigenvalue weighted by molar-refractivity contribution is 7.10. The zero-order valence-corrected chi connectivity index (χ0v) is 11.7. The molecule has 0 saturated carbocycles. The summed E-state index contributed by atoms with van der Waals surface area (Å²) in [5, 5.41) is 13.5. The van der Waals surface area contributed by atoms with Gasteiger partial charge in [0.05, 0.1) is 24.9 Å². The first-order valence-corrected chi connectivity index (χ1v) is 6.85. The first-order valence-electron chi connectivity index (χ1n) is 5.60. The lowest BCUT2D eigenvalue weighted by atomic mass is 10.1. The monoisotopic (exact) mass is 311 g/mol. The van der Waals surface area contributed by atoms with E-state index < -0.39 is 17.9 Å². The quantitative estimate of drug-likeness (QED) is 0.882. The maximum atomic E-state index is 12.0. The number of rotatable bonds is 5. The van der Waals surface area contributed by atoms with Gasteiger partial charge in [0.15, 0.2) is 0 Å². The number of nitrogens with zero attached hydrogens (tertiary/aromatic N) is 2. The van der Waals surface area contributed by atoms with Crippen molar-refractivity contribution in [3.8, 4) is 0 Å². The molecule has 0 bridgehead atoms. The molecule has 0 fully saturated rings. The topological polar surface area (TPSA) is 92.2 Å². The second-order valence-corrected chi connectivity index (χ2v) is 5.23. The third kappa shape index (κ3) is 3.75. The molecule has 2 rings (SSSR count). The van der Waals surface area contributed by atoms with Crippen molar-refractivity contribution in [2.45, 2.75) is 12.5 Å². The van der Waals surface area contributed by atoms with Gasteiger partial charge in [0.2, 0.25) is 0 Å². The fraction of sp³-hybridized carbons (Fsp3) is 0.167. The van der Waals surface area contributed by atoms with Crippen molar-refractivity contribution < 1.29 is 14.7 Å². The smallest absolute Gasteiger partial charge is 0.305 e. The summed E-state index contributed by atoms with van der Waals surface area (Å²) in [4.78, 5) is 31.2. The number of thiophene rings is 1. The van der Waals surface area contributed by atoms with Gasteiger partial charge in [0, 0.05) is 4.88 Å². The molecule has 0 radical (unpaired) electrons. The van der Waals surface area contributed by atoms with Crippen LogP contribution in [0.5, 0.6) is 0 Å². The van der Waals surface area contributed by atoms with E-state index in [1.165, 1.54) is 23.7 Å². The molecule has 1 atom stereocenters. The number of aliphatic carboxylic acids is 1. The number of nitrogens with one attached hydrogen (secondary N) is 1. The molecule has 0 aliphatic carbocycles. The number of hydrogen-bond donors (Lipinski definition) is 2. The van der Waals surface area contributed by atoms with Gasteiger partial charge in [-0.1, -0.05) is 17.7 Å². The van der Waals surface area contributed by atoms with Gasteiger partial charge in [-0.25, -0.2) is 9.97 Å². The van der Waals surface area contributed by atoms with Crippen LogP contribution in [-0.4, -0.2) is 27.0 Å². The number of amides is 1. The number of carboxylic acid groups (broad SMARTS) is 1. The van der Waals surface area contributed by atoms with Crippen molar-refractivity contribution in [2.24, 2.45) is 0 Å². The number of aromatic nitrogens is 2. The van der Waals surface area contributed by atoms with Crippen LogP contribution in [0.4, 0.5) is 0 Å². The molecule has 8 heteroatoms. The number of carboxylic acids is 1. The summed E-state index contributed by atoms with van der Waals surface area (Å²) in [7, 11) is 0. The SMILES string of the molecule is O=C(O)CC(NC(=O)c1cnc(Cl)cn1)c1cccs1. The average molecular weight is 312 g/mol. The van der Waals surface area contributed by atoms with Crippen molar-refractivity contribution in [3.05, 3.63) is 45.6 Å². The molecule has 0 aliphatic rings. The van der Waals surface area contributed by atoms with E-state index in [1.807, 2.05) is 5.38 Å². The zero-order chi connectivity index (χ0) is 14.5. The van der Waals surface area contributed by atoms with Gasteiger partial charge in [0.1, 0.15) is 10.8 Å². The molecule has 0 aromatic carbocycles. The Bertz CT molecular complexity index is 601. The fourth-order valence-corrected chi connectivity index (χ4v) is 2.42. The van der Waals surface area contributed by atoms with Crippen molar-refractivity contribution >= 4 is 34.8 Å². The molecule has 20 heavy (non-hydrogen) atoms. The predicted molar refractivity (Wildman–Crippen MR) is 73.8 cm³/mol. The van der Waals surface area contributed by atoms with Crippen LogP contribution in [0, 0.1) is 0 Å². The van der Waals surface area contributed by atoms with Crippen LogP contribution in [0.3, 0.4) is 0 Å². The van der Waals surface area contributed by atoms with Crippen molar-refractivity contribution in [3.63, 3.8) is 0 Å². The van der Waals surface area contributed by atoms with Gasteiger partial charge in [0.25, 0.3) is 5.91 Å². The molecule has 1 unspecified atom stereocenters. The van der Waals surface area contributed by atoms with E-state index in [-0.39, 0.29) is 17.3 Å². The van der Waals surface area contributed by atoms with Crippen LogP contribution in [-0.2, 0) is 4.79 Å². The summed E-state index contributed by atoms with van der Waals surface area (Å²) in [6.45, 7) is 0. The lowest BCUT2D eigenvalue weighted by molar-refractivity contribution is -0.137. The van der Waals surface area contributed by atoms with Crippen molar-refractivity contribution in [2.75, 3.05) is 0 Å². The maximum Gasteiger partial charge on any atom is 0.305 e. The number of hydrogen-bond acceptors (Lipinski definition) is 5. The van der Waals surface area contributed by atoms with Gasteiger partial charge >= 0.3 is 5.97 Å². The molecule has 6 nitrogen and oxygen atoms in total. The van der Waals surface area contributed by atoms with E-state index in [1.54, 1.807) is 12.1 Å². The van der Waals surface area contributed by atoms with Crippen LogP contribution in [0.15, 0.2) is 29.9 Å². The van der Waals surface area contributed by atoms with E-state index >= 15 is 0 Å². The summed E-state index contributed by atoms with van der Waals surface area (Å²) in [6, 6.07) is 2.97. The molecular formula is C12H10ClN3O3S. The summed E-state index contributed by atoms with van der Waals surface area (Å²) < 4.78 is 0. The summed E-state index contributed by atoms with van der Waals surface area (Å²) >= 11 is 6.97. The van der Waals surface area contributed by atoms with Crippen LogP contribution < -0.4 is 5.32 Å². The molecule has 0 aliphatic heterocycles. The van der Waals surface area contributed by atoms with Gasteiger partial charge in [-0.05, 0) is 11.4 Å².